The quantitative estimate of drug-likeness (QED) is 0.212. The van der Waals surface area contributed by atoms with E-state index in [1.54, 1.807) is 6.07 Å². The summed E-state index contributed by atoms with van der Waals surface area (Å²) in [6.07, 6.45) is 0.775. The molecule has 0 aliphatic carbocycles. The zero-order valence-electron chi connectivity index (χ0n) is 22.6. The zero-order valence-corrected chi connectivity index (χ0v) is 22.6. The molecule has 0 bridgehead atoms. The van der Waals surface area contributed by atoms with Crippen LogP contribution in [0.25, 0.3) is 55.2 Å². The van der Waals surface area contributed by atoms with Crippen LogP contribution in [0.15, 0.2) is 133 Å². The second-order valence-electron chi connectivity index (χ2n) is 9.92. The summed E-state index contributed by atoms with van der Waals surface area (Å²) in [5.41, 5.74) is 5.55. The molecule has 8 aromatic rings. The lowest BCUT2D eigenvalue weighted by atomic mass is 10.2. The highest BCUT2D eigenvalue weighted by Crippen LogP contribution is 2.32. The van der Waals surface area contributed by atoms with Crippen molar-refractivity contribution in [3.05, 3.63) is 145 Å². The third kappa shape index (κ3) is 5.12. The maximum Gasteiger partial charge on any atom is 0.168 e. The van der Waals surface area contributed by atoms with Crippen LogP contribution in [0.4, 0.5) is 0 Å². The summed E-state index contributed by atoms with van der Waals surface area (Å²) in [5.74, 6) is 1.59. The van der Waals surface area contributed by atoms with Crippen molar-refractivity contribution in [1.82, 2.24) is 19.1 Å². The van der Waals surface area contributed by atoms with Crippen molar-refractivity contribution in [3.63, 3.8) is 0 Å². The number of aliphatic hydroxyl groups excluding tert-OH is 1. The highest BCUT2D eigenvalue weighted by atomic mass is 16.3. The van der Waals surface area contributed by atoms with Crippen molar-refractivity contribution < 1.29 is 9.90 Å². The summed E-state index contributed by atoms with van der Waals surface area (Å²) in [4.78, 5) is 20.0. The number of hydrogen-bond acceptors (Lipinski definition) is 4. The van der Waals surface area contributed by atoms with Gasteiger partial charge in [-0.1, -0.05) is 99.8 Å². The topological polar surface area (TPSA) is 72.9 Å². The normalized spacial score (nSPS) is 10.7. The average Bonchev–Trinajstić information content (AvgIpc) is 3.58. The Hall–Kier alpha value is -5.59. The molecule has 4 aromatic carbocycles. The molecule has 0 aliphatic rings. The predicted octanol–water partition coefficient (Wildman–Crippen LogP) is 8.93. The average molecular weight is 579 g/mol. The first kappa shape index (κ1) is 29.9. The predicted molar refractivity (Wildman–Crippen MR) is 182 cm³/mol. The van der Waals surface area contributed by atoms with Crippen molar-refractivity contribution in [2.24, 2.45) is 0 Å². The number of pyridine rings is 2. The van der Waals surface area contributed by atoms with Gasteiger partial charge in [-0.05, 0) is 48.5 Å². The number of hydrogen-bond donors (Lipinski definition) is 1. The number of carbonyl (C=O) groups excluding carboxylic acids is 1. The van der Waals surface area contributed by atoms with Crippen molar-refractivity contribution in [3.8, 4) is 11.6 Å². The van der Waals surface area contributed by atoms with Crippen LogP contribution in [0.3, 0.4) is 0 Å². The number of nitrogens with zero attached hydrogens (tertiary/aromatic N) is 4. The monoisotopic (exact) mass is 578 g/mol. The molecule has 44 heavy (non-hydrogen) atoms. The smallest absolute Gasteiger partial charge is 0.168 e. The van der Waals surface area contributed by atoms with Crippen LogP contribution in [-0.2, 0) is 6.61 Å². The van der Waals surface area contributed by atoms with Crippen molar-refractivity contribution in [1.29, 1.82) is 0 Å². The Morgan fingerprint density at radius 3 is 1.30 bits per heavy atom. The van der Waals surface area contributed by atoms with E-state index in [2.05, 4.69) is 79.8 Å². The lowest BCUT2D eigenvalue weighted by molar-refractivity contribution is 0.111. The van der Waals surface area contributed by atoms with Gasteiger partial charge in [-0.15, -0.1) is 0 Å². The molecular formula is C38H34N4O2. The van der Waals surface area contributed by atoms with E-state index in [0.29, 0.717) is 11.4 Å². The van der Waals surface area contributed by atoms with Crippen LogP contribution < -0.4 is 0 Å². The second kappa shape index (κ2) is 12.7. The molecule has 0 radical (unpaired) electrons. The van der Waals surface area contributed by atoms with Crippen LogP contribution in [0.2, 0.25) is 0 Å². The van der Waals surface area contributed by atoms with Gasteiger partial charge in [0.25, 0.3) is 0 Å². The van der Waals surface area contributed by atoms with E-state index >= 15 is 0 Å². The Bertz CT molecular complexity index is 2120. The summed E-state index contributed by atoms with van der Waals surface area (Å²) in [7, 11) is 0. The van der Waals surface area contributed by atoms with E-state index in [1.165, 1.54) is 21.5 Å². The first-order valence-corrected chi connectivity index (χ1v) is 13.7. The number of para-hydroxylation sites is 4. The van der Waals surface area contributed by atoms with Crippen molar-refractivity contribution in [2.45, 2.75) is 21.5 Å². The number of benzene rings is 4. The third-order valence-corrected chi connectivity index (χ3v) is 7.45. The van der Waals surface area contributed by atoms with Crippen molar-refractivity contribution in [2.75, 3.05) is 0 Å². The molecule has 1 N–H and O–H groups in total. The Morgan fingerprint density at radius 1 is 0.500 bits per heavy atom. The number of carbonyl (C=O) groups is 1. The van der Waals surface area contributed by atoms with E-state index in [9.17, 15) is 9.90 Å². The van der Waals surface area contributed by atoms with Crippen molar-refractivity contribution >= 4 is 49.9 Å². The number of aldehydes is 1. The standard InChI is InChI=1S/C18H14N2O.C18H12N2O.2CH4/c2*21-12-13-6-5-11-18(19-13)20-16-9-3-1-7-14(16)15-8-2-4-10-17(15)20;;/h1-11,21H,12H2;1-12H;2*1H4. The molecule has 0 saturated heterocycles. The van der Waals surface area contributed by atoms with E-state index < -0.39 is 0 Å². The molecule has 8 rings (SSSR count). The van der Waals surface area contributed by atoms with E-state index in [0.717, 1.165) is 40.0 Å². The fraction of sp³-hybridized carbons (Fsp3) is 0.0789. The molecule has 4 aromatic heterocycles. The van der Waals surface area contributed by atoms with Crippen LogP contribution in [0.1, 0.15) is 31.0 Å². The number of aromatic nitrogens is 4. The third-order valence-electron chi connectivity index (χ3n) is 7.45. The van der Waals surface area contributed by atoms with Gasteiger partial charge in [0.1, 0.15) is 17.3 Å². The Labute approximate surface area is 256 Å². The molecule has 0 amide bonds. The maximum atomic E-state index is 11.0. The maximum absolute atomic E-state index is 11.0. The summed E-state index contributed by atoms with van der Waals surface area (Å²) in [5, 5.41) is 14.1. The Balaban J connectivity index is 0.000000167. The van der Waals surface area contributed by atoms with E-state index in [-0.39, 0.29) is 21.5 Å². The molecule has 0 spiro atoms. The van der Waals surface area contributed by atoms with Crippen LogP contribution in [0.5, 0.6) is 0 Å². The highest BCUT2D eigenvalue weighted by Gasteiger charge is 2.13. The van der Waals surface area contributed by atoms with Gasteiger partial charge < -0.3 is 5.11 Å². The molecule has 0 aliphatic heterocycles. The molecule has 6 heteroatoms. The lowest BCUT2D eigenvalue weighted by Gasteiger charge is -2.07. The number of rotatable bonds is 4. The molecule has 4 heterocycles. The zero-order chi connectivity index (χ0) is 28.5. The summed E-state index contributed by atoms with van der Waals surface area (Å²) >= 11 is 0. The summed E-state index contributed by atoms with van der Waals surface area (Å²) < 4.78 is 4.24. The first-order valence-electron chi connectivity index (χ1n) is 13.7. The van der Waals surface area contributed by atoms with Gasteiger partial charge >= 0.3 is 0 Å². The first-order chi connectivity index (χ1) is 20.8. The minimum atomic E-state index is -0.0506. The van der Waals surface area contributed by atoms with E-state index in [1.807, 2.05) is 66.7 Å². The Kier molecular flexibility index (Phi) is 8.65. The van der Waals surface area contributed by atoms with Gasteiger partial charge in [0.15, 0.2) is 6.29 Å². The van der Waals surface area contributed by atoms with Gasteiger partial charge in [0.2, 0.25) is 0 Å². The van der Waals surface area contributed by atoms with Crippen LogP contribution >= 0.6 is 0 Å². The van der Waals surface area contributed by atoms with Crippen LogP contribution in [-0.4, -0.2) is 30.5 Å². The molecular weight excluding hydrogens is 544 g/mol. The van der Waals surface area contributed by atoms with Crippen LogP contribution in [0, 0.1) is 0 Å². The largest absolute Gasteiger partial charge is 0.390 e. The lowest BCUT2D eigenvalue weighted by Crippen LogP contribution is -1.99. The Morgan fingerprint density at radius 2 is 0.886 bits per heavy atom. The molecule has 218 valence electrons. The summed E-state index contributed by atoms with van der Waals surface area (Å²) in [6.45, 7) is -0.0506. The number of fused-ring (bicyclic) bond motifs is 6. The van der Waals surface area contributed by atoms with Gasteiger partial charge in [-0.25, -0.2) is 9.97 Å². The van der Waals surface area contributed by atoms with Gasteiger partial charge in [0, 0.05) is 21.5 Å². The van der Waals surface area contributed by atoms with Gasteiger partial charge in [0.05, 0.1) is 34.4 Å². The molecule has 0 unspecified atom stereocenters. The SMILES string of the molecule is C.C.O=Cc1cccc(-n2c3ccccc3c3ccccc32)n1.OCc1cccc(-n2c3ccccc3c3ccccc32)n1. The summed E-state index contributed by atoms with van der Waals surface area (Å²) in [6, 6.07) is 44.3. The fourth-order valence-corrected chi connectivity index (χ4v) is 5.65. The molecule has 6 nitrogen and oxygen atoms in total. The minimum Gasteiger partial charge on any atom is -0.390 e. The van der Waals surface area contributed by atoms with E-state index in [4.69, 9.17) is 0 Å². The number of aliphatic hydroxyl groups is 1. The fourth-order valence-electron chi connectivity index (χ4n) is 5.65. The molecule has 0 saturated carbocycles. The highest BCUT2D eigenvalue weighted by molar-refractivity contribution is 6.10. The minimum absolute atomic E-state index is 0. The van der Waals surface area contributed by atoms with Gasteiger partial charge in [-0.3, -0.25) is 13.9 Å². The molecule has 0 atom stereocenters. The molecule has 0 fully saturated rings. The second-order valence-corrected chi connectivity index (χ2v) is 9.92. The van der Waals surface area contributed by atoms with Gasteiger partial charge in [-0.2, -0.15) is 0 Å².